The molecule has 0 bridgehead atoms. The quantitative estimate of drug-likeness (QED) is 0.598. The van der Waals surface area contributed by atoms with Crippen LogP contribution in [-0.2, 0) is 9.59 Å². The standard InChI is InChI=1S/C26H24N2O3/c1-16-11-13-19(14-12-16)23-24(27-22-10-5-7-17(2)18(22)3)26(30)28(25(23)29)20-8-6-9-21(15-20)31-4/h5-15,27H,1-4H3. The Morgan fingerprint density at radius 3 is 2.26 bits per heavy atom. The largest absolute Gasteiger partial charge is 0.497 e. The summed E-state index contributed by atoms with van der Waals surface area (Å²) in [5, 5.41) is 3.26. The van der Waals surface area contributed by atoms with Crippen LogP contribution in [0.1, 0.15) is 22.3 Å². The van der Waals surface area contributed by atoms with Crippen molar-refractivity contribution in [3.05, 3.63) is 94.7 Å². The van der Waals surface area contributed by atoms with Gasteiger partial charge in [-0.25, -0.2) is 4.90 Å². The molecule has 0 aliphatic carbocycles. The third-order valence-electron chi connectivity index (χ3n) is 5.60. The minimum atomic E-state index is -0.394. The molecular weight excluding hydrogens is 388 g/mol. The van der Waals surface area contributed by atoms with Gasteiger partial charge in [-0.15, -0.1) is 0 Å². The minimum absolute atomic E-state index is 0.269. The maximum atomic E-state index is 13.5. The van der Waals surface area contributed by atoms with Gasteiger partial charge in [0.2, 0.25) is 0 Å². The highest BCUT2D eigenvalue weighted by atomic mass is 16.5. The zero-order chi connectivity index (χ0) is 22.1. The fourth-order valence-corrected chi connectivity index (χ4v) is 3.64. The van der Waals surface area contributed by atoms with E-state index in [1.54, 1.807) is 31.4 Å². The summed E-state index contributed by atoms with van der Waals surface area (Å²) in [5.41, 5.74) is 5.79. The summed E-state index contributed by atoms with van der Waals surface area (Å²) < 4.78 is 5.28. The van der Waals surface area contributed by atoms with Gasteiger partial charge in [-0.3, -0.25) is 9.59 Å². The number of benzene rings is 3. The van der Waals surface area contributed by atoms with Gasteiger partial charge in [-0.2, -0.15) is 0 Å². The molecule has 0 spiro atoms. The molecule has 0 saturated carbocycles. The number of methoxy groups -OCH3 is 1. The summed E-state index contributed by atoms with van der Waals surface area (Å²) >= 11 is 0. The van der Waals surface area contributed by atoms with E-state index < -0.39 is 5.91 Å². The van der Waals surface area contributed by atoms with E-state index in [-0.39, 0.29) is 11.6 Å². The topological polar surface area (TPSA) is 58.6 Å². The fourth-order valence-electron chi connectivity index (χ4n) is 3.64. The number of ether oxygens (including phenoxy) is 1. The number of carbonyl (C=O) groups excluding carboxylic acids is 2. The lowest BCUT2D eigenvalue weighted by Crippen LogP contribution is -2.32. The molecule has 3 aromatic rings. The second-order valence-electron chi connectivity index (χ2n) is 7.64. The Bertz CT molecular complexity index is 1210. The van der Waals surface area contributed by atoms with Crippen molar-refractivity contribution in [1.82, 2.24) is 0 Å². The Morgan fingerprint density at radius 1 is 0.839 bits per heavy atom. The van der Waals surface area contributed by atoms with Gasteiger partial charge < -0.3 is 10.1 Å². The molecule has 0 radical (unpaired) electrons. The first-order valence-corrected chi connectivity index (χ1v) is 10.1. The molecule has 31 heavy (non-hydrogen) atoms. The van der Waals surface area contributed by atoms with Gasteiger partial charge in [0.25, 0.3) is 11.8 Å². The zero-order valence-electron chi connectivity index (χ0n) is 18.0. The van der Waals surface area contributed by atoms with Gasteiger partial charge in [-0.1, -0.05) is 48.0 Å². The molecule has 4 rings (SSSR count). The van der Waals surface area contributed by atoms with Crippen LogP contribution in [0.25, 0.3) is 5.57 Å². The Balaban J connectivity index is 1.84. The van der Waals surface area contributed by atoms with E-state index in [4.69, 9.17) is 4.74 Å². The highest BCUT2D eigenvalue weighted by Crippen LogP contribution is 2.35. The van der Waals surface area contributed by atoms with Crippen LogP contribution in [-0.4, -0.2) is 18.9 Å². The fraction of sp³-hybridized carbons (Fsp3) is 0.154. The molecule has 5 nitrogen and oxygen atoms in total. The van der Waals surface area contributed by atoms with E-state index in [9.17, 15) is 9.59 Å². The average Bonchev–Trinajstić information content (AvgIpc) is 3.01. The zero-order valence-corrected chi connectivity index (χ0v) is 18.0. The van der Waals surface area contributed by atoms with Crippen LogP contribution < -0.4 is 15.0 Å². The second-order valence-corrected chi connectivity index (χ2v) is 7.64. The van der Waals surface area contributed by atoms with Crippen molar-refractivity contribution in [3.63, 3.8) is 0 Å². The molecule has 1 aliphatic rings. The highest BCUT2D eigenvalue weighted by molar-refractivity contribution is 6.46. The molecule has 3 aromatic carbocycles. The van der Waals surface area contributed by atoms with Gasteiger partial charge in [0, 0.05) is 11.8 Å². The van der Waals surface area contributed by atoms with E-state index in [0.717, 1.165) is 22.4 Å². The van der Waals surface area contributed by atoms with Crippen molar-refractivity contribution in [1.29, 1.82) is 0 Å². The van der Waals surface area contributed by atoms with E-state index >= 15 is 0 Å². The number of aryl methyl sites for hydroxylation is 2. The Hall–Kier alpha value is -3.86. The Morgan fingerprint density at radius 2 is 1.55 bits per heavy atom. The van der Waals surface area contributed by atoms with Crippen LogP contribution in [0.3, 0.4) is 0 Å². The molecule has 0 atom stereocenters. The molecule has 0 aromatic heterocycles. The molecule has 1 aliphatic heterocycles. The average molecular weight is 412 g/mol. The van der Waals surface area contributed by atoms with Crippen molar-refractivity contribution in [2.24, 2.45) is 0 Å². The van der Waals surface area contributed by atoms with Crippen LogP contribution in [0.5, 0.6) is 5.75 Å². The molecule has 0 fully saturated rings. The van der Waals surface area contributed by atoms with Gasteiger partial charge in [0.15, 0.2) is 0 Å². The first kappa shape index (κ1) is 20.4. The molecule has 5 heteroatoms. The number of anilines is 2. The smallest absolute Gasteiger partial charge is 0.282 e. The molecule has 2 amide bonds. The number of imide groups is 1. The molecule has 1 N–H and O–H groups in total. The van der Waals surface area contributed by atoms with Crippen molar-refractivity contribution < 1.29 is 14.3 Å². The number of nitrogens with one attached hydrogen (secondary N) is 1. The number of amides is 2. The lowest BCUT2D eigenvalue weighted by Gasteiger charge is -2.16. The molecule has 1 heterocycles. The lowest BCUT2D eigenvalue weighted by atomic mass is 10.0. The van der Waals surface area contributed by atoms with Crippen molar-refractivity contribution in [3.8, 4) is 5.75 Å². The van der Waals surface area contributed by atoms with E-state index in [1.807, 2.05) is 63.2 Å². The molecular formula is C26H24N2O3. The summed E-state index contributed by atoms with van der Waals surface area (Å²) in [5.74, 6) is -0.185. The van der Waals surface area contributed by atoms with Crippen molar-refractivity contribution in [2.45, 2.75) is 20.8 Å². The first-order chi connectivity index (χ1) is 14.9. The van der Waals surface area contributed by atoms with Crippen molar-refractivity contribution in [2.75, 3.05) is 17.3 Å². The number of hydrogen-bond donors (Lipinski definition) is 1. The van der Waals surface area contributed by atoms with Crippen molar-refractivity contribution >= 4 is 28.8 Å². The Labute approximate surface area is 182 Å². The van der Waals surface area contributed by atoms with Crippen LogP contribution in [0.15, 0.2) is 72.4 Å². The van der Waals surface area contributed by atoms with Gasteiger partial charge in [0.1, 0.15) is 11.4 Å². The number of hydrogen-bond acceptors (Lipinski definition) is 4. The summed E-state index contributed by atoms with van der Waals surface area (Å²) in [4.78, 5) is 28.2. The minimum Gasteiger partial charge on any atom is -0.497 e. The predicted molar refractivity (Wildman–Crippen MR) is 123 cm³/mol. The third-order valence-corrected chi connectivity index (χ3v) is 5.60. The highest BCUT2D eigenvalue weighted by Gasteiger charge is 2.40. The SMILES string of the molecule is COc1cccc(N2C(=O)C(Nc3cccc(C)c3C)=C(c3ccc(C)cc3)C2=O)c1. The van der Waals surface area contributed by atoms with E-state index in [1.165, 1.54) is 4.90 Å². The summed E-state index contributed by atoms with van der Waals surface area (Å²) in [7, 11) is 1.55. The summed E-state index contributed by atoms with van der Waals surface area (Å²) in [6.45, 7) is 5.99. The Kier molecular flexibility index (Phi) is 5.34. The molecule has 0 unspecified atom stereocenters. The maximum Gasteiger partial charge on any atom is 0.282 e. The summed E-state index contributed by atoms with van der Waals surface area (Å²) in [6.07, 6.45) is 0. The second kappa shape index (κ2) is 8.11. The normalized spacial score (nSPS) is 13.7. The van der Waals surface area contributed by atoms with Gasteiger partial charge in [-0.05, 0) is 55.7 Å². The van der Waals surface area contributed by atoms with E-state index in [2.05, 4.69) is 5.32 Å². The molecule has 156 valence electrons. The summed E-state index contributed by atoms with van der Waals surface area (Å²) in [6, 6.07) is 20.4. The third kappa shape index (κ3) is 3.70. The number of rotatable bonds is 5. The number of carbonyl (C=O) groups is 2. The van der Waals surface area contributed by atoms with E-state index in [0.29, 0.717) is 22.6 Å². The molecule has 0 saturated heterocycles. The van der Waals surface area contributed by atoms with Crippen LogP contribution in [0.2, 0.25) is 0 Å². The maximum absolute atomic E-state index is 13.5. The van der Waals surface area contributed by atoms with Gasteiger partial charge >= 0.3 is 0 Å². The predicted octanol–water partition coefficient (Wildman–Crippen LogP) is 5.02. The van der Waals surface area contributed by atoms with Crippen LogP contribution >= 0.6 is 0 Å². The monoisotopic (exact) mass is 412 g/mol. The lowest BCUT2D eigenvalue weighted by molar-refractivity contribution is -0.120. The first-order valence-electron chi connectivity index (χ1n) is 10.1. The van der Waals surface area contributed by atoms with Crippen LogP contribution in [0.4, 0.5) is 11.4 Å². The van der Waals surface area contributed by atoms with Crippen LogP contribution in [0, 0.1) is 20.8 Å². The number of nitrogens with zero attached hydrogens (tertiary/aromatic N) is 1. The van der Waals surface area contributed by atoms with Gasteiger partial charge in [0.05, 0.1) is 18.4 Å².